The Labute approximate surface area is 130 Å². The Hall–Kier alpha value is -2.14. The molecule has 5 heteroatoms. The van der Waals surface area contributed by atoms with Crippen molar-refractivity contribution in [2.45, 2.75) is 32.7 Å². The first-order valence-corrected chi connectivity index (χ1v) is 7.69. The number of imidazole rings is 1. The van der Waals surface area contributed by atoms with Crippen LogP contribution < -0.4 is 10.6 Å². The largest absolute Gasteiger partial charge is 0.325 e. The van der Waals surface area contributed by atoms with Gasteiger partial charge in [0.1, 0.15) is 0 Å². The van der Waals surface area contributed by atoms with Crippen LogP contribution in [-0.4, -0.2) is 28.0 Å². The van der Waals surface area contributed by atoms with E-state index in [0.717, 1.165) is 30.8 Å². The maximum atomic E-state index is 12.6. The topological polar surface area (TPSA) is 59.0 Å². The zero-order valence-electron chi connectivity index (χ0n) is 13.0. The van der Waals surface area contributed by atoms with Crippen LogP contribution in [0.15, 0.2) is 43.0 Å². The highest BCUT2D eigenvalue weighted by Gasteiger charge is 2.37. The SMILES string of the molecule is CC1(C)CCCNC1C(=O)Nc1cccc(-n2ccnc2)c1. The van der Waals surface area contributed by atoms with E-state index in [1.807, 2.05) is 35.0 Å². The zero-order valence-corrected chi connectivity index (χ0v) is 13.0. The number of nitrogens with one attached hydrogen (secondary N) is 2. The molecule has 3 rings (SSSR count). The number of benzene rings is 1. The molecule has 0 aliphatic carbocycles. The predicted octanol–water partition coefficient (Wildman–Crippen LogP) is 2.59. The fraction of sp³-hybridized carbons (Fsp3) is 0.412. The van der Waals surface area contributed by atoms with Gasteiger partial charge in [-0.05, 0) is 43.0 Å². The average molecular weight is 298 g/mol. The summed E-state index contributed by atoms with van der Waals surface area (Å²) in [5.41, 5.74) is 1.76. The fourth-order valence-corrected chi connectivity index (χ4v) is 3.03. The van der Waals surface area contributed by atoms with Gasteiger partial charge in [0, 0.05) is 23.8 Å². The third-order valence-electron chi connectivity index (χ3n) is 4.31. The number of carbonyl (C=O) groups is 1. The first-order chi connectivity index (χ1) is 10.6. The molecule has 2 N–H and O–H groups in total. The van der Waals surface area contributed by atoms with Gasteiger partial charge in [0.05, 0.1) is 12.4 Å². The number of carbonyl (C=O) groups excluding carboxylic acids is 1. The molecule has 0 saturated carbocycles. The lowest BCUT2D eigenvalue weighted by Crippen LogP contribution is -2.53. The Kier molecular flexibility index (Phi) is 3.98. The van der Waals surface area contributed by atoms with Crippen molar-refractivity contribution in [1.29, 1.82) is 0 Å². The molecule has 1 fully saturated rings. The van der Waals surface area contributed by atoms with E-state index in [1.54, 1.807) is 12.5 Å². The van der Waals surface area contributed by atoms with Gasteiger partial charge in [0.2, 0.25) is 5.91 Å². The average Bonchev–Trinajstić information content (AvgIpc) is 3.01. The van der Waals surface area contributed by atoms with Crippen molar-refractivity contribution in [3.63, 3.8) is 0 Å². The third-order valence-corrected chi connectivity index (χ3v) is 4.31. The fourth-order valence-electron chi connectivity index (χ4n) is 3.03. The number of hydrogen-bond acceptors (Lipinski definition) is 3. The maximum absolute atomic E-state index is 12.6. The van der Waals surface area contributed by atoms with E-state index >= 15 is 0 Å². The van der Waals surface area contributed by atoms with Crippen LogP contribution in [0.3, 0.4) is 0 Å². The molecule has 0 bridgehead atoms. The third kappa shape index (κ3) is 3.04. The molecular weight excluding hydrogens is 276 g/mol. The minimum absolute atomic E-state index is 0.0235. The summed E-state index contributed by atoms with van der Waals surface area (Å²) in [7, 11) is 0. The second-order valence-electron chi connectivity index (χ2n) is 6.49. The summed E-state index contributed by atoms with van der Waals surface area (Å²) in [6.45, 7) is 5.19. The minimum Gasteiger partial charge on any atom is -0.325 e. The minimum atomic E-state index is -0.154. The normalized spacial score (nSPS) is 20.5. The van der Waals surface area contributed by atoms with Crippen molar-refractivity contribution in [2.24, 2.45) is 5.41 Å². The van der Waals surface area contributed by atoms with Gasteiger partial charge < -0.3 is 15.2 Å². The molecule has 22 heavy (non-hydrogen) atoms. The molecule has 5 nitrogen and oxygen atoms in total. The van der Waals surface area contributed by atoms with Crippen molar-refractivity contribution in [3.8, 4) is 5.69 Å². The lowest BCUT2D eigenvalue weighted by molar-refractivity contribution is -0.121. The van der Waals surface area contributed by atoms with Crippen LogP contribution >= 0.6 is 0 Å². The van der Waals surface area contributed by atoms with Gasteiger partial charge in [0.15, 0.2) is 0 Å². The number of nitrogens with zero attached hydrogens (tertiary/aromatic N) is 2. The van der Waals surface area contributed by atoms with E-state index in [4.69, 9.17) is 0 Å². The second kappa shape index (κ2) is 5.93. The van der Waals surface area contributed by atoms with E-state index in [9.17, 15) is 4.79 Å². The molecule has 1 saturated heterocycles. The van der Waals surface area contributed by atoms with Crippen LogP contribution in [0, 0.1) is 5.41 Å². The number of aromatic nitrogens is 2. The quantitative estimate of drug-likeness (QED) is 0.915. The van der Waals surface area contributed by atoms with Crippen LogP contribution in [0.1, 0.15) is 26.7 Å². The maximum Gasteiger partial charge on any atom is 0.242 e. The molecule has 1 unspecified atom stereocenters. The van der Waals surface area contributed by atoms with Crippen LogP contribution in [0.4, 0.5) is 5.69 Å². The summed E-state index contributed by atoms with van der Waals surface area (Å²) in [5.74, 6) is 0.0347. The first-order valence-electron chi connectivity index (χ1n) is 7.69. The van der Waals surface area contributed by atoms with Crippen LogP contribution in [0.25, 0.3) is 5.69 Å². The lowest BCUT2D eigenvalue weighted by atomic mass is 9.77. The molecule has 1 aliphatic rings. The second-order valence-corrected chi connectivity index (χ2v) is 6.49. The van der Waals surface area contributed by atoms with Crippen molar-refractivity contribution >= 4 is 11.6 Å². The van der Waals surface area contributed by atoms with E-state index in [2.05, 4.69) is 29.5 Å². The molecule has 2 aromatic rings. The predicted molar refractivity (Wildman–Crippen MR) is 87.0 cm³/mol. The molecular formula is C17H22N4O. The number of anilines is 1. The van der Waals surface area contributed by atoms with Crippen molar-refractivity contribution < 1.29 is 4.79 Å². The number of hydrogen-bond donors (Lipinski definition) is 2. The van der Waals surface area contributed by atoms with Crippen molar-refractivity contribution in [1.82, 2.24) is 14.9 Å². The smallest absolute Gasteiger partial charge is 0.242 e. The summed E-state index contributed by atoms with van der Waals surface area (Å²) in [5, 5.41) is 6.38. The van der Waals surface area contributed by atoms with E-state index in [-0.39, 0.29) is 17.4 Å². The van der Waals surface area contributed by atoms with Gasteiger partial charge in [0.25, 0.3) is 0 Å². The van der Waals surface area contributed by atoms with E-state index in [1.165, 1.54) is 0 Å². The number of rotatable bonds is 3. The molecule has 1 atom stereocenters. The van der Waals surface area contributed by atoms with E-state index in [0.29, 0.717) is 0 Å². The highest BCUT2D eigenvalue weighted by atomic mass is 16.2. The summed E-state index contributed by atoms with van der Waals surface area (Å²) < 4.78 is 1.92. The monoisotopic (exact) mass is 298 g/mol. The van der Waals surface area contributed by atoms with Gasteiger partial charge in [-0.1, -0.05) is 19.9 Å². The van der Waals surface area contributed by atoms with Crippen LogP contribution in [0.5, 0.6) is 0 Å². The van der Waals surface area contributed by atoms with Crippen LogP contribution in [0.2, 0.25) is 0 Å². The summed E-state index contributed by atoms with van der Waals surface area (Å²) >= 11 is 0. The molecule has 116 valence electrons. The Morgan fingerprint density at radius 2 is 2.32 bits per heavy atom. The Balaban J connectivity index is 1.75. The zero-order chi connectivity index (χ0) is 15.6. The number of piperidine rings is 1. The van der Waals surface area contributed by atoms with Gasteiger partial charge >= 0.3 is 0 Å². The molecule has 1 amide bonds. The van der Waals surface area contributed by atoms with Crippen LogP contribution in [-0.2, 0) is 4.79 Å². The Morgan fingerprint density at radius 3 is 3.05 bits per heavy atom. The summed E-state index contributed by atoms with van der Waals surface area (Å²) in [6, 6.07) is 7.63. The molecule has 0 spiro atoms. The molecule has 1 aliphatic heterocycles. The van der Waals surface area contributed by atoms with Gasteiger partial charge in [-0.25, -0.2) is 4.98 Å². The molecule has 0 radical (unpaired) electrons. The van der Waals surface area contributed by atoms with Gasteiger partial charge in [-0.3, -0.25) is 4.79 Å². The molecule has 1 aromatic heterocycles. The van der Waals surface area contributed by atoms with Crippen molar-refractivity contribution in [2.75, 3.05) is 11.9 Å². The van der Waals surface area contributed by atoms with E-state index < -0.39 is 0 Å². The highest BCUT2D eigenvalue weighted by molar-refractivity contribution is 5.95. The lowest BCUT2D eigenvalue weighted by Gasteiger charge is -2.38. The highest BCUT2D eigenvalue weighted by Crippen LogP contribution is 2.30. The van der Waals surface area contributed by atoms with Gasteiger partial charge in [-0.2, -0.15) is 0 Å². The van der Waals surface area contributed by atoms with Gasteiger partial charge in [-0.15, -0.1) is 0 Å². The summed E-state index contributed by atoms with van der Waals surface area (Å²) in [4.78, 5) is 16.6. The first kappa shape index (κ1) is 14.8. The Bertz CT molecular complexity index is 648. The van der Waals surface area contributed by atoms with Crippen molar-refractivity contribution in [3.05, 3.63) is 43.0 Å². The number of amides is 1. The standard InChI is InChI=1S/C17H22N4O/c1-17(2)7-4-8-19-15(17)16(22)20-13-5-3-6-14(11-13)21-10-9-18-12-21/h3,5-6,9-12,15,19H,4,7-8H2,1-2H3,(H,20,22). The Morgan fingerprint density at radius 1 is 1.45 bits per heavy atom. The summed E-state index contributed by atoms with van der Waals surface area (Å²) in [6.07, 6.45) is 7.54. The molecule has 1 aromatic carbocycles. The molecule has 2 heterocycles.